The molecule has 0 saturated carbocycles. The van der Waals surface area contributed by atoms with E-state index in [-0.39, 0.29) is 0 Å². The van der Waals surface area contributed by atoms with E-state index in [1.165, 1.54) is 0 Å². The standard InChI is InChI=1S/C7H6N2S/c8-5-2-1-3-6-7(5)9-4-10-6/h1-4H,8H2. The van der Waals surface area contributed by atoms with E-state index >= 15 is 0 Å². The van der Waals surface area contributed by atoms with E-state index in [1.807, 2.05) is 18.2 Å². The predicted octanol–water partition coefficient (Wildman–Crippen LogP) is 1.88. The molecule has 0 amide bonds. The Morgan fingerprint density at radius 3 is 3.10 bits per heavy atom. The summed E-state index contributed by atoms with van der Waals surface area (Å²) in [4.78, 5) is 4.11. The highest BCUT2D eigenvalue weighted by atomic mass is 32.1. The average molecular weight is 150 g/mol. The number of aromatic nitrogens is 1. The molecule has 50 valence electrons. The number of anilines is 1. The number of hydrogen-bond acceptors (Lipinski definition) is 3. The van der Waals surface area contributed by atoms with Crippen molar-refractivity contribution in [1.82, 2.24) is 4.98 Å². The van der Waals surface area contributed by atoms with Crippen molar-refractivity contribution in [2.75, 3.05) is 5.73 Å². The Labute approximate surface area is 62.3 Å². The van der Waals surface area contributed by atoms with Gasteiger partial charge in [-0.05, 0) is 12.1 Å². The van der Waals surface area contributed by atoms with Crippen LogP contribution >= 0.6 is 11.3 Å². The highest BCUT2D eigenvalue weighted by Crippen LogP contribution is 2.21. The van der Waals surface area contributed by atoms with Crippen LogP contribution in [0.5, 0.6) is 0 Å². The van der Waals surface area contributed by atoms with Gasteiger partial charge in [0.15, 0.2) is 0 Å². The molecule has 1 aromatic carbocycles. The molecular weight excluding hydrogens is 144 g/mol. The number of hydrogen-bond donors (Lipinski definition) is 1. The first-order valence-corrected chi connectivity index (χ1v) is 3.83. The van der Waals surface area contributed by atoms with Crippen molar-refractivity contribution >= 4 is 27.2 Å². The van der Waals surface area contributed by atoms with Crippen LogP contribution in [0.25, 0.3) is 10.2 Å². The molecule has 10 heavy (non-hydrogen) atoms. The minimum Gasteiger partial charge on any atom is -0.397 e. The van der Waals surface area contributed by atoms with Gasteiger partial charge in [-0.2, -0.15) is 0 Å². The largest absolute Gasteiger partial charge is 0.397 e. The number of fused-ring (bicyclic) bond motifs is 1. The molecule has 0 aliphatic heterocycles. The van der Waals surface area contributed by atoms with Crippen LogP contribution in [-0.4, -0.2) is 4.98 Å². The molecule has 1 heterocycles. The highest BCUT2D eigenvalue weighted by Gasteiger charge is 1.96. The number of nitrogens with zero attached hydrogens (tertiary/aromatic N) is 1. The molecule has 0 unspecified atom stereocenters. The molecule has 2 rings (SSSR count). The summed E-state index contributed by atoms with van der Waals surface area (Å²) in [5.74, 6) is 0. The molecule has 0 atom stereocenters. The Kier molecular flexibility index (Phi) is 1.11. The van der Waals surface area contributed by atoms with Gasteiger partial charge < -0.3 is 5.73 Å². The zero-order chi connectivity index (χ0) is 6.97. The molecule has 0 spiro atoms. The zero-order valence-electron chi connectivity index (χ0n) is 5.24. The first-order valence-electron chi connectivity index (χ1n) is 2.95. The van der Waals surface area contributed by atoms with E-state index < -0.39 is 0 Å². The molecular formula is C7H6N2S. The van der Waals surface area contributed by atoms with E-state index in [4.69, 9.17) is 5.73 Å². The highest BCUT2D eigenvalue weighted by molar-refractivity contribution is 7.16. The number of nitrogen functional groups attached to an aromatic ring is 1. The molecule has 2 nitrogen and oxygen atoms in total. The van der Waals surface area contributed by atoms with Gasteiger partial charge in [-0.15, -0.1) is 11.3 Å². The molecule has 0 aliphatic rings. The van der Waals surface area contributed by atoms with Crippen molar-refractivity contribution in [2.24, 2.45) is 0 Å². The second-order valence-electron chi connectivity index (χ2n) is 2.05. The Balaban J connectivity index is 2.95. The number of para-hydroxylation sites is 1. The Hall–Kier alpha value is -1.09. The van der Waals surface area contributed by atoms with Crippen LogP contribution in [0.3, 0.4) is 0 Å². The average Bonchev–Trinajstić information content (AvgIpc) is 2.36. The summed E-state index contributed by atoms with van der Waals surface area (Å²) >= 11 is 1.61. The minimum absolute atomic E-state index is 0.763. The Morgan fingerprint density at radius 1 is 1.40 bits per heavy atom. The van der Waals surface area contributed by atoms with Crippen LogP contribution in [0.15, 0.2) is 23.7 Å². The van der Waals surface area contributed by atoms with Gasteiger partial charge in [-0.1, -0.05) is 6.07 Å². The van der Waals surface area contributed by atoms with E-state index in [0.717, 1.165) is 15.9 Å². The molecule has 1 aromatic heterocycles. The van der Waals surface area contributed by atoms with E-state index in [1.54, 1.807) is 16.8 Å². The SMILES string of the molecule is Nc1cccc2scnc12. The number of nitrogens with two attached hydrogens (primary N) is 1. The van der Waals surface area contributed by atoms with Gasteiger partial charge in [0.25, 0.3) is 0 Å². The van der Waals surface area contributed by atoms with Crippen molar-refractivity contribution < 1.29 is 0 Å². The lowest BCUT2D eigenvalue weighted by Gasteiger charge is -1.90. The van der Waals surface area contributed by atoms with Gasteiger partial charge in [-0.3, -0.25) is 0 Å². The Bertz CT molecular complexity index is 353. The summed E-state index contributed by atoms with van der Waals surface area (Å²) in [6.45, 7) is 0. The van der Waals surface area contributed by atoms with Gasteiger partial charge >= 0.3 is 0 Å². The molecule has 0 saturated heterocycles. The lowest BCUT2D eigenvalue weighted by molar-refractivity contribution is 1.50. The monoisotopic (exact) mass is 150 g/mol. The van der Waals surface area contributed by atoms with Gasteiger partial charge in [0, 0.05) is 0 Å². The summed E-state index contributed by atoms with van der Waals surface area (Å²) in [5.41, 5.74) is 9.14. The summed E-state index contributed by atoms with van der Waals surface area (Å²) < 4.78 is 1.15. The molecule has 0 aliphatic carbocycles. The summed E-state index contributed by atoms with van der Waals surface area (Å²) in [5, 5.41) is 0. The van der Waals surface area contributed by atoms with Crippen molar-refractivity contribution in [3.63, 3.8) is 0 Å². The lowest BCUT2D eigenvalue weighted by atomic mass is 10.3. The molecule has 2 aromatic rings. The van der Waals surface area contributed by atoms with E-state index in [2.05, 4.69) is 4.98 Å². The Morgan fingerprint density at radius 2 is 2.30 bits per heavy atom. The molecule has 3 heteroatoms. The molecule has 2 N–H and O–H groups in total. The fourth-order valence-corrected chi connectivity index (χ4v) is 1.62. The van der Waals surface area contributed by atoms with Crippen LogP contribution in [0.1, 0.15) is 0 Å². The van der Waals surface area contributed by atoms with Gasteiger partial charge in [0.1, 0.15) is 5.52 Å². The van der Waals surface area contributed by atoms with Gasteiger partial charge in [0.2, 0.25) is 0 Å². The minimum atomic E-state index is 0.763. The van der Waals surface area contributed by atoms with Crippen molar-refractivity contribution in [3.05, 3.63) is 23.7 Å². The number of thiazole rings is 1. The second-order valence-corrected chi connectivity index (χ2v) is 2.93. The van der Waals surface area contributed by atoms with Gasteiger partial charge in [0.05, 0.1) is 15.9 Å². The maximum Gasteiger partial charge on any atom is 0.104 e. The quantitative estimate of drug-likeness (QED) is 0.582. The second kappa shape index (κ2) is 1.95. The third kappa shape index (κ3) is 0.675. The van der Waals surface area contributed by atoms with Crippen LogP contribution in [0.4, 0.5) is 5.69 Å². The van der Waals surface area contributed by atoms with Crippen LogP contribution in [-0.2, 0) is 0 Å². The maximum absolute atomic E-state index is 5.64. The van der Waals surface area contributed by atoms with Crippen LogP contribution < -0.4 is 5.73 Å². The predicted molar refractivity (Wildman–Crippen MR) is 44.0 cm³/mol. The number of rotatable bonds is 0. The van der Waals surface area contributed by atoms with E-state index in [0.29, 0.717) is 0 Å². The van der Waals surface area contributed by atoms with E-state index in [9.17, 15) is 0 Å². The first-order chi connectivity index (χ1) is 4.88. The normalized spacial score (nSPS) is 10.4. The topological polar surface area (TPSA) is 38.9 Å². The maximum atomic E-state index is 5.64. The summed E-state index contributed by atoms with van der Waals surface area (Å²) in [6, 6.07) is 5.82. The first kappa shape index (κ1) is 5.68. The third-order valence-electron chi connectivity index (χ3n) is 1.39. The molecule has 0 fully saturated rings. The fraction of sp³-hybridized carbons (Fsp3) is 0. The van der Waals surface area contributed by atoms with Crippen LogP contribution in [0.2, 0.25) is 0 Å². The smallest absolute Gasteiger partial charge is 0.104 e. The summed E-state index contributed by atoms with van der Waals surface area (Å²) in [6.07, 6.45) is 0. The zero-order valence-corrected chi connectivity index (χ0v) is 6.06. The fourth-order valence-electron chi connectivity index (χ4n) is 0.908. The lowest BCUT2D eigenvalue weighted by Crippen LogP contribution is -1.83. The molecule has 0 radical (unpaired) electrons. The van der Waals surface area contributed by atoms with Crippen molar-refractivity contribution in [1.29, 1.82) is 0 Å². The van der Waals surface area contributed by atoms with Crippen molar-refractivity contribution in [2.45, 2.75) is 0 Å². The van der Waals surface area contributed by atoms with Crippen LogP contribution in [0, 0.1) is 0 Å². The molecule has 0 bridgehead atoms. The van der Waals surface area contributed by atoms with Crippen molar-refractivity contribution in [3.8, 4) is 0 Å². The number of benzene rings is 1. The summed E-state index contributed by atoms with van der Waals surface area (Å²) in [7, 11) is 0. The third-order valence-corrected chi connectivity index (χ3v) is 2.19. The van der Waals surface area contributed by atoms with Gasteiger partial charge in [-0.25, -0.2) is 4.98 Å².